The third kappa shape index (κ3) is 2.53. The maximum atomic E-state index is 12.4. The van der Waals surface area contributed by atoms with Gasteiger partial charge in [0.15, 0.2) is 0 Å². The van der Waals surface area contributed by atoms with Crippen molar-refractivity contribution >= 4 is 17.6 Å². The van der Waals surface area contributed by atoms with Gasteiger partial charge in [0.2, 0.25) is 5.43 Å². The number of halogens is 3. The lowest BCUT2D eigenvalue weighted by atomic mass is 10.1. The Labute approximate surface area is 87.5 Å². The predicted molar refractivity (Wildman–Crippen MR) is 48.4 cm³/mol. The van der Waals surface area contributed by atoms with Gasteiger partial charge in [0, 0.05) is 11.8 Å². The number of hydrogen-bond acceptors (Lipinski definition) is 2. The van der Waals surface area contributed by atoms with E-state index in [-0.39, 0.29) is 5.02 Å². The number of pyridine rings is 1. The quantitative estimate of drug-likeness (QED) is 0.839. The second-order valence-corrected chi connectivity index (χ2v) is 3.14. The molecule has 0 aliphatic heterocycles. The number of H-pyrrole nitrogens is 1. The molecule has 0 bridgehead atoms. The van der Waals surface area contributed by atoms with Gasteiger partial charge in [-0.2, -0.15) is 0 Å². The summed E-state index contributed by atoms with van der Waals surface area (Å²) in [5.41, 5.74) is -2.09. The summed E-state index contributed by atoms with van der Waals surface area (Å²) in [6, 6.07) is 0. The molecular weight excluding hydrogens is 232 g/mol. The number of carboxylic acids is 1. The first-order valence-corrected chi connectivity index (χ1v) is 4.21. The van der Waals surface area contributed by atoms with Crippen LogP contribution in [0.1, 0.15) is 17.7 Å². The average Bonchev–Trinajstić information content (AvgIpc) is 2.12. The normalized spacial score (nSPS) is 10.7. The first kappa shape index (κ1) is 11.6. The monoisotopic (exact) mass is 237 g/mol. The number of carboxylic acid groups (broad SMARTS) is 1. The average molecular weight is 238 g/mol. The zero-order valence-corrected chi connectivity index (χ0v) is 8.02. The van der Waals surface area contributed by atoms with Gasteiger partial charge in [-0.1, -0.05) is 11.6 Å². The highest BCUT2D eigenvalue weighted by Crippen LogP contribution is 2.20. The number of aromatic amines is 1. The second-order valence-electron chi connectivity index (χ2n) is 2.73. The molecule has 0 spiro atoms. The lowest BCUT2D eigenvalue weighted by molar-refractivity contribution is -0.136. The molecule has 0 unspecified atom stereocenters. The van der Waals surface area contributed by atoms with Crippen LogP contribution >= 0.6 is 11.6 Å². The minimum atomic E-state index is -2.94. The molecule has 0 amide bonds. The molecule has 2 N–H and O–H groups in total. The molecule has 0 atom stereocenters. The van der Waals surface area contributed by atoms with E-state index in [0.29, 0.717) is 0 Å². The van der Waals surface area contributed by atoms with Gasteiger partial charge in [0.1, 0.15) is 5.02 Å². The summed E-state index contributed by atoms with van der Waals surface area (Å²) in [4.78, 5) is 23.8. The fraction of sp³-hybridized carbons (Fsp3) is 0.250. The third-order valence-corrected chi connectivity index (χ3v) is 2.00. The van der Waals surface area contributed by atoms with Crippen LogP contribution in [-0.4, -0.2) is 16.1 Å². The van der Waals surface area contributed by atoms with Gasteiger partial charge in [-0.3, -0.25) is 9.59 Å². The Balaban J connectivity index is 3.35. The second kappa shape index (κ2) is 4.39. The molecule has 1 aromatic heterocycles. The van der Waals surface area contributed by atoms with Gasteiger partial charge in [-0.05, 0) is 0 Å². The minimum absolute atomic E-state index is 0.310. The first-order valence-electron chi connectivity index (χ1n) is 3.83. The Morgan fingerprint density at radius 1 is 1.60 bits per heavy atom. The van der Waals surface area contributed by atoms with Gasteiger partial charge in [0.05, 0.1) is 12.1 Å². The maximum Gasteiger partial charge on any atom is 0.308 e. The number of carbonyl (C=O) groups is 1. The number of aromatic nitrogens is 1. The van der Waals surface area contributed by atoms with Crippen LogP contribution in [0.2, 0.25) is 5.02 Å². The summed E-state index contributed by atoms with van der Waals surface area (Å²) in [5, 5.41) is 8.14. The molecule has 82 valence electrons. The summed E-state index contributed by atoms with van der Waals surface area (Å²) >= 11 is 5.39. The summed E-state index contributed by atoms with van der Waals surface area (Å²) in [5.74, 6) is -1.37. The summed E-state index contributed by atoms with van der Waals surface area (Å²) < 4.78 is 24.8. The van der Waals surface area contributed by atoms with Crippen molar-refractivity contribution < 1.29 is 18.7 Å². The van der Waals surface area contributed by atoms with E-state index in [9.17, 15) is 18.4 Å². The molecule has 0 fully saturated rings. The molecule has 0 aliphatic rings. The van der Waals surface area contributed by atoms with Crippen molar-refractivity contribution in [3.05, 3.63) is 32.7 Å². The van der Waals surface area contributed by atoms with E-state index >= 15 is 0 Å². The fourth-order valence-corrected chi connectivity index (χ4v) is 1.25. The molecule has 4 nitrogen and oxygen atoms in total. The lowest BCUT2D eigenvalue weighted by Gasteiger charge is -2.06. The molecular formula is C8H6ClF2NO3. The molecule has 0 aliphatic carbocycles. The van der Waals surface area contributed by atoms with Crippen LogP contribution in [0, 0.1) is 0 Å². The standard InChI is InChI=1S/C8H6ClF2NO3/c9-4-2-12-6(8(10)11)3(7(4)15)1-5(13)14/h2,8H,1H2,(H,12,15)(H,13,14). The SMILES string of the molecule is O=C(O)Cc1c(C(F)F)[nH]cc(Cl)c1=O. The predicted octanol–water partition coefficient (Wildman–Crippen LogP) is 1.59. The van der Waals surface area contributed by atoms with E-state index in [4.69, 9.17) is 16.7 Å². The van der Waals surface area contributed by atoms with Crippen molar-refractivity contribution in [2.75, 3.05) is 0 Å². The Morgan fingerprint density at radius 3 is 2.67 bits per heavy atom. The molecule has 1 rings (SSSR count). The van der Waals surface area contributed by atoms with Crippen LogP contribution in [0.3, 0.4) is 0 Å². The highest BCUT2D eigenvalue weighted by atomic mass is 35.5. The molecule has 0 saturated heterocycles. The van der Waals surface area contributed by atoms with E-state index in [2.05, 4.69) is 4.98 Å². The third-order valence-electron chi connectivity index (χ3n) is 1.72. The van der Waals surface area contributed by atoms with Crippen molar-refractivity contribution in [1.82, 2.24) is 4.98 Å². The first-order chi connectivity index (χ1) is 6.93. The molecule has 1 aromatic rings. The molecule has 7 heteroatoms. The zero-order chi connectivity index (χ0) is 11.6. The molecule has 0 radical (unpaired) electrons. The number of aliphatic carboxylic acids is 1. The summed E-state index contributed by atoms with van der Waals surface area (Å²) in [6.07, 6.45) is -2.81. The zero-order valence-electron chi connectivity index (χ0n) is 7.26. The van der Waals surface area contributed by atoms with Crippen molar-refractivity contribution in [2.45, 2.75) is 12.8 Å². The van der Waals surface area contributed by atoms with Crippen molar-refractivity contribution in [3.63, 3.8) is 0 Å². The van der Waals surface area contributed by atoms with Crippen molar-refractivity contribution in [3.8, 4) is 0 Å². The van der Waals surface area contributed by atoms with Gasteiger partial charge < -0.3 is 10.1 Å². The highest BCUT2D eigenvalue weighted by molar-refractivity contribution is 6.30. The van der Waals surface area contributed by atoms with E-state index in [1.54, 1.807) is 0 Å². The fourth-order valence-electron chi connectivity index (χ4n) is 1.08. The lowest BCUT2D eigenvalue weighted by Crippen LogP contribution is -2.18. The number of rotatable bonds is 3. The topological polar surface area (TPSA) is 70.2 Å². The van der Waals surface area contributed by atoms with Crippen LogP contribution in [0.25, 0.3) is 0 Å². The van der Waals surface area contributed by atoms with Gasteiger partial charge >= 0.3 is 5.97 Å². The number of hydrogen-bond donors (Lipinski definition) is 2. The maximum absolute atomic E-state index is 12.4. The van der Waals surface area contributed by atoms with Crippen LogP contribution in [-0.2, 0) is 11.2 Å². The van der Waals surface area contributed by atoms with Gasteiger partial charge in [-0.15, -0.1) is 0 Å². The van der Waals surface area contributed by atoms with Gasteiger partial charge in [-0.25, -0.2) is 8.78 Å². The number of alkyl halides is 2. The highest BCUT2D eigenvalue weighted by Gasteiger charge is 2.19. The Bertz CT molecular complexity index is 444. The van der Waals surface area contributed by atoms with E-state index in [1.165, 1.54) is 0 Å². The number of nitrogens with one attached hydrogen (secondary N) is 1. The Morgan fingerprint density at radius 2 is 2.20 bits per heavy atom. The van der Waals surface area contributed by atoms with E-state index < -0.39 is 35.5 Å². The minimum Gasteiger partial charge on any atom is -0.481 e. The molecule has 0 saturated carbocycles. The molecule has 0 aromatic carbocycles. The van der Waals surface area contributed by atoms with Crippen LogP contribution in [0.5, 0.6) is 0 Å². The molecule has 15 heavy (non-hydrogen) atoms. The largest absolute Gasteiger partial charge is 0.481 e. The van der Waals surface area contributed by atoms with E-state index in [1.807, 2.05) is 0 Å². The Kier molecular flexibility index (Phi) is 3.41. The summed E-state index contributed by atoms with van der Waals surface area (Å²) in [6.45, 7) is 0. The van der Waals surface area contributed by atoms with Crippen molar-refractivity contribution in [2.24, 2.45) is 0 Å². The summed E-state index contributed by atoms with van der Waals surface area (Å²) in [7, 11) is 0. The smallest absolute Gasteiger partial charge is 0.308 e. The van der Waals surface area contributed by atoms with Crippen LogP contribution < -0.4 is 5.43 Å². The molecule has 1 heterocycles. The van der Waals surface area contributed by atoms with Crippen LogP contribution in [0.4, 0.5) is 8.78 Å². The van der Waals surface area contributed by atoms with E-state index in [0.717, 1.165) is 6.20 Å². The Hall–Kier alpha value is -1.43. The van der Waals surface area contributed by atoms with Gasteiger partial charge in [0.25, 0.3) is 6.43 Å². The van der Waals surface area contributed by atoms with Crippen LogP contribution in [0.15, 0.2) is 11.0 Å². The van der Waals surface area contributed by atoms with Crippen molar-refractivity contribution in [1.29, 1.82) is 0 Å².